The Labute approximate surface area is 180 Å². The summed E-state index contributed by atoms with van der Waals surface area (Å²) in [7, 11) is 0. The number of aliphatic hydroxyl groups excluding tert-OH is 1. The summed E-state index contributed by atoms with van der Waals surface area (Å²) >= 11 is 3.40. The normalized spacial score (nSPS) is 11.7. The molecule has 2 aromatic carbocycles. The predicted octanol–water partition coefficient (Wildman–Crippen LogP) is 4.94. The maximum Gasteiger partial charge on any atom is 0.168 e. The second-order valence-electron chi connectivity index (χ2n) is 7.15. The van der Waals surface area contributed by atoms with Gasteiger partial charge < -0.3 is 15.3 Å². The highest BCUT2D eigenvalue weighted by Gasteiger charge is 2.20. The van der Waals surface area contributed by atoms with Crippen molar-refractivity contribution in [3.8, 4) is 11.8 Å². The van der Waals surface area contributed by atoms with Crippen molar-refractivity contribution in [3.05, 3.63) is 63.6 Å². The topological polar surface area (TPSA) is 94.2 Å². The van der Waals surface area contributed by atoms with Gasteiger partial charge >= 0.3 is 0 Å². The van der Waals surface area contributed by atoms with Crippen LogP contribution in [0, 0.1) is 22.7 Å². The summed E-state index contributed by atoms with van der Waals surface area (Å²) in [6.07, 6.45) is 0.892. The number of nitrogens with one attached hydrogen (secondary N) is 1. The van der Waals surface area contributed by atoms with Crippen LogP contribution in [0.5, 0.6) is 5.75 Å². The summed E-state index contributed by atoms with van der Waals surface area (Å²) in [6, 6.07) is 14.6. The Morgan fingerprint density at radius 3 is 2.52 bits per heavy atom. The van der Waals surface area contributed by atoms with Crippen molar-refractivity contribution in [2.45, 2.75) is 39.2 Å². The van der Waals surface area contributed by atoms with E-state index >= 15 is 0 Å². The van der Waals surface area contributed by atoms with Gasteiger partial charge in [0.25, 0.3) is 0 Å². The molecule has 6 heteroatoms. The number of Topliss-reactive ketones (excluding diaryl/α,β-unsaturated/α-hetero) is 1. The highest BCUT2D eigenvalue weighted by Crippen LogP contribution is 2.23. The van der Waals surface area contributed by atoms with Crippen LogP contribution in [0.1, 0.15) is 48.2 Å². The fourth-order valence-electron chi connectivity index (χ4n) is 3.03. The molecule has 5 nitrogen and oxygen atoms in total. The smallest absolute Gasteiger partial charge is 0.168 e. The molecule has 29 heavy (non-hydrogen) atoms. The minimum absolute atomic E-state index is 0.0441. The molecule has 0 saturated carbocycles. The van der Waals surface area contributed by atoms with Gasteiger partial charge in [0.15, 0.2) is 5.78 Å². The number of carbonyl (C=O) groups is 1. The number of hydrogen-bond donors (Lipinski definition) is 2. The van der Waals surface area contributed by atoms with Gasteiger partial charge in [-0.2, -0.15) is 5.26 Å². The van der Waals surface area contributed by atoms with Gasteiger partial charge in [-0.3, -0.25) is 4.79 Å². The van der Waals surface area contributed by atoms with Crippen molar-refractivity contribution >= 4 is 27.4 Å². The largest absolute Gasteiger partial charge is 0.490 e. The molecular formula is C23H25BrN2O3. The first-order valence-corrected chi connectivity index (χ1v) is 10.3. The zero-order valence-corrected chi connectivity index (χ0v) is 18.2. The molecule has 0 unspecified atom stereocenters. The van der Waals surface area contributed by atoms with Crippen molar-refractivity contribution in [3.63, 3.8) is 0 Å². The molecule has 2 N–H and O–H groups in total. The van der Waals surface area contributed by atoms with Gasteiger partial charge in [0.2, 0.25) is 0 Å². The van der Waals surface area contributed by atoms with E-state index in [2.05, 4.69) is 22.0 Å². The number of rotatable bonds is 10. The lowest BCUT2D eigenvalue weighted by molar-refractivity contribution is 0.0998. The third-order valence-corrected chi connectivity index (χ3v) is 5.03. The van der Waals surface area contributed by atoms with E-state index in [4.69, 9.17) is 10.1 Å². The van der Waals surface area contributed by atoms with Gasteiger partial charge in [0.05, 0.1) is 11.7 Å². The van der Waals surface area contributed by atoms with E-state index in [9.17, 15) is 15.2 Å². The molecule has 0 aliphatic heterocycles. The Hall–Kier alpha value is -2.49. The van der Waals surface area contributed by atoms with Crippen LogP contribution in [0.25, 0.3) is 0 Å². The number of halogens is 1. The molecule has 0 aliphatic carbocycles. The molecule has 0 bridgehead atoms. The second kappa shape index (κ2) is 10.9. The van der Waals surface area contributed by atoms with Gasteiger partial charge in [-0.15, -0.1) is 0 Å². The van der Waals surface area contributed by atoms with Gasteiger partial charge in [-0.25, -0.2) is 0 Å². The number of hydrogen-bond acceptors (Lipinski definition) is 5. The summed E-state index contributed by atoms with van der Waals surface area (Å²) in [5, 5.41) is 27.2. The summed E-state index contributed by atoms with van der Waals surface area (Å²) in [4.78, 5) is 12.7. The Kier molecular flexibility index (Phi) is 8.56. The minimum Gasteiger partial charge on any atom is -0.490 e. The Morgan fingerprint density at radius 1 is 1.24 bits per heavy atom. The fourth-order valence-corrected chi connectivity index (χ4v) is 3.29. The average molecular weight is 457 g/mol. The SMILES string of the molecule is CC(C)Oc1ccc(C(=O)CC(=N)[C@H](CCO)Cc2ccc(Br)cc2)cc1C#N. The van der Waals surface area contributed by atoms with E-state index in [1.54, 1.807) is 12.1 Å². The lowest BCUT2D eigenvalue weighted by Gasteiger charge is -2.17. The molecule has 0 fully saturated rings. The zero-order chi connectivity index (χ0) is 21.4. The number of ketones is 1. The fraction of sp³-hybridized carbons (Fsp3) is 0.348. The highest BCUT2D eigenvalue weighted by atomic mass is 79.9. The lowest BCUT2D eigenvalue weighted by Crippen LogP contribution is -2.21. The number of aliphatic hydroxyl groups is 1. The molecule has 0 heterocycles. The molecule has 0 saturated heterocycles. The maximum absolute atomic E-state index is 12.7. The van der Waals surface area contributed by atoms with Gasteiger partial charge in [0.1, 0.15) is 11.8 Å². The second-order valence-corrected chi connectivity index (χ2v) is 8.07. The van der Waals surface area contributed by atoms with Crippen LogP contribution in [0.4, 0.5) is 0 Å². The summed E-state index contributed by atoms with van der Waals surface area (Å²) < 4.78 is 6.57. The zero-order valence-electron chi connectivity index (χ0n) is 16.6. The maximum atomic E-state index is 12.7. The molecule has 2 rings (SSSR count). The van der Waals surface area contributed by atoms with Crippen molar-refractivity contribution in [1.29, 1.82) is 10.7 Å². The van der Waals surface area contributed by atoms with Gasteiger partial charge in [-0.05, 0) is 62.6 Å². The Balaban J connectivity index is 2.11. The molecule has 0 spiro atoms. The number of carbonyl (C=O) groups excluding carboxylic acids is 1. The summed E-state index contributed by atoms with van der Waals surface area (Å²) in [5.74, 6) is 0.00738. The van der Waals surface area contributed by atoms with Crippen LogP contribution in [-0.2, 0) is 6.42 Å². The van der Waals surface area contributed by atoms with Crippen LogP contribution < -0.4 is 4.74 Å². The van der Waals surface area contributed by atoms with E-state index in [0.717, 1.165) is 10.0 Å². The van der Waals surface area contributed by atoms with Gasteiger partial charge in [0, 0.05) is 34.7 Å². The molecule has 1 atom stereocenters. The molecule has 0 aromatic heterocycles. The van der Waals surface area contributed by atoms with E-state index < -0.39 is 0 Å². The first-order valence-electron chi connectivity index (χ1n) is 9.50. The Morgan fingerprint density at radius 2 is 1.93 bits per heavy atom. The van der Waals surface area contributed by atoms with E-state index in [1.807, 2.05) is 38.1 Å². The predicted molar refractivity (Wildman–Crippen MR) is 117 cm³/mol. The summed E-state index contributed by atoms with van der Waals surface area (Å²) in [5.41, 5.74) is 2.02. The van der Waals surface area contributed by atoms with Crippen LogP contribution >= 0.6 is 15.9 Å². The standard InChI is InChI=1S/C23H25BrN2O3/c1-15(2)29-23-8-5-18(12-19(23)14-25)22(28)13-21(26)17(9-10-27)11-16-3-6-20(24)7-4-16/h3-8,12,15,17,26-27H,9-11,13H2,1-2H3/t17-/m1/s1. The number of ether oxygens (including phenoxy) is 1. The minimum atomic E-state index is -0.221. The third kappa shape index (κ3) is 6.81. The Bertz CT molecular complexity index is 901. The van der Waals surface area contributed by atoms with Crippen LogP contribution in [0.2, 0.25) is 0 Å². The van der Waals surface area contributed by atoms with E-state index in [-0.39, 0.29) is 36.5 Å². The van der Waals surface area contributed by atoms with Gasteiger partial charge in [-0.1, -0.05) is 28.1 Å². The van der Waals surface area contributed by atoms with Crippen molar-refractivity contribution in [1.82, 2.24) is 0 Å². The average Bonchev–Trinajstić information content (AvgIpc) is 2.69. The third-order valence-electron chi connectivity index (χ3n) is 4.50. The number of nitriles is 1. The quantitative estimate of drug-likeness (QED) is 0.390. The van der Waals surface area contributed by atoms with Crippen LogP contribution in [0.3, 0.4) is 0 Å². The van der Waals surface area contributed by atoms with E-state index in [0.29, 0.717) is 29.7 Å². The number of benzene rings is 2. The summed E-state index contributed by atoms with van der Waals surface area (Å²) in [6.45, 7) is 3.69. The molecule has 2 aromatic rings. The molecule has 0 aliphatic rings. The monoisotopic (exact) mass is 456 g/mol. The highest BCUT2D eigenvalue weighted by molar-refractivity contribution is 9.10. The first-order chi connectivity index (χ1) is 13.8. The van der Waals surface area contributed by atoms with Crippen LogP contribution in [-0.4, -0.2) is 29.3 Å². The molecule has 0 amide bonds. The van der Waals surface area contributed by atoms with Crippen molar-refractivity contribution < 1.29 is 14.6 Å². The molecule has 152 valence electrons. The molecular weight excluding hydrogens is 432 g/mol. The van der Waals surface area contributed by atoms with E-state index in [1.165, 1.54) is 6.07 Å². The lowest BCUT2D eigenvalue weighted by atomic mass is 9.88. The number of nitrogens with zero attached hydrogens (tertiary/aromatic N) is 1. The van der Waals surface area contributed by atoms with Crippen molar-refractivity contribution in [2.24, 2.45) is 5.92 Å². The van der Waals surface area contributed by atoms with Crippen molar-refractivity contribution in [2.75, 3.05) is 6.61 Å². The first kappa shape index (κ1) is 22.8. The molecule has 0 radical (unpaired) electrons. The van der Waals surface area contributed by atoms with Crippen LogP contribution in [0.15, 0.2) is 46.9 Å².